The van der Waals surface area contributed by atoms with E-state index in [-0.39, 0.29) is 12.5 Å². The molecule has 8 nitrogen and oxygen atoms in total. The molecule has 1 saturated heterocycles. The fourth-order valence-corrected chi connectivity index (χ4v) is 4.16. The van der Waals surface area contributed by atoms with Gasteiger partial charge in [-0.15, -0.1) is 0 Å². The summed E-state index contributed by atoms with van der Waals surface area (Å²) >= 11 is 0. The Morgan fingerprint density at radius 3 is 2.58 bits per heavy atom. The summed E-state index contributed by atoms with van der Waals surface area (Å²) in [6.45, 7) is 3.60. The van der Waals surface area contributed by atoms with Crippen LogP contribution in [-0.4, -0.2) is 79.5 Å². The maximum Gasteiger partial charge on any atom is 0.239 e. The summed E-state index contributed by atoms with van der Waals surface area (Å²) in [4.78, 5) is 16.4. The third kappa shape index (κ3) is 4.92. The number of piperazine rings is 1. The van der Waals surface area contributed by atoms with Gasteiger partial charge in [0.25, 0.3) is 0 Å². The number of amides is 1. The van der Waals surface area contributed by atoms with Crippen LogP contribution in [0.3, 0.4) is 0 Å². The van der Waals surface area contributed by atoms with Crippen LogP contribution in [0.15, 0.2) is 48.5 Å². The van der Waals surface area contributed by atoms with Crippen molar-refractivity contribution in [3.05, 3.63) is 54.1 Å². The van der Waals surface area contributed by atoms with E-state index in [0.29, 0.717) is 36.9 Å². The predicted molar refractivity (Wildman–Crippen MR) is 115 cm³/mol. The number of nitrogens with two attached hydrogens (primary N) is 1. The molecule has 8 heteroatoms. The van der Waals surface area contributed by atoms with Gasteiger partial charge in [0.15, 0.2) is 17.6 Å². The number of benzene rings is 2. The molecule has 0 radical (unpaired) electrons. The highest BCUT2D eigenvalue weighted by Crippen LogP contribution is 2.35. The topological polar surface area (TPSA) is 97.5 Å². The number of fused-ring (bicyclic) bond motifs is 1. The normalized spacial score (nSPS) is 21.3. The van der Waals surface area contributed by atoms with Crippen molar-refractivity contribution >= 4 is 5.91 Å². The molecule has 3 unspecified atom stereocenters. The van der Waals surface area contributed by atoms with Crippen molar-refractivity contribution in [3.63, 3.8) is 0 Å². The third-order valence-electron chi connectivity index (χ3n) is 5.86. The summed E-state index contributed by atoms with van der Waals surface area (Å²) in [5.41, 5.74) is 6.61. The lowest BCUT2D eigenvalue weighted by Gasteiger charge is -2.39. The van der Waals surface area contributed by atoms with Crippen LogP contribution in [0, 0.1) is 0 Å². The lowest BCUT2D eigenvalue weighted by atomic mass is 10.0. The summed E-state index contributed by atoms with van der Waals surface area (Å²) < 4.78 is 16.9. The molecule has 1 fully saturated rings. The van der Waals surface area contributed by atoms with Crippen LogP contribution >= 0.6 is 0 Å². The van der Waals surface area contributed by atoms with Gasteiger partial charge in [-0.2, -0.15) is 0 Å². The standard InChI is InChI=1S/C23H29N3O5/c1-29-17-7-8-19-20(13-17)30-15-21(31-19)18(27)14-25-9-11-26(12-10-25)22(23(24)28)16-5-3-2-4-6-16/h2-8,13,18,21-22,27H,9-12,14-15H2,1H3,(H2,24,28). The maximum absolute atomic E-state index is 12.1. The maximum atomic E-state index is 12.1. The number of rotatable bonds is 7. The first-order chi connectivity index (χ1) is 15.0. The van der Waals surface area contributed by atoms with E-state index in [9.17, 15) is 9.90 Å². The summed E-state index contributed by atoms with van der Waals surface area (Å²) in [5.74, 6) is 1.58. The number of hydrogen-bond donors (Lipinski definition) is 2. The minimum absolute atomic E-state index is 0.277. The molecule has 2 heterocycles. The molecule has 0 aliphatic carbocycles. The highest BCUT2D eigenvalue weighted by Gasteiger charge is 2.32. The van der Waals surface area contributed by atoms with Gasteiger partial charge < -0.3 is 25.1 Å². The van der Waals surface area contributed by atoms with Crippen LogP contribution in [-0.2, 0) is 4.79 Å². The number of aliphatic hydroxyl groups is 1. The highest BCUT2D eigenvalue weighted by atomic mass is 16.6. The van der Waals surface area contributed by atoms with E-state index in [1.807, 2.05) is 30.3 Å². The Hall–Kier alpha value is -2.81. The van der Waals surface area contributed by atoms with Crippen molar-refractivity contribution in [3.8, 4) is 17.2 Å². The van der Waals surface area contributed by atoms with E-state index in [0.717, 1.165) is 18.7 Å². The molecule has 0 spiro atoms. The molecule has 0 bridgehead atoms. The summed E-state index contributed by atoms with van der Waals surface area (Å²) in [6, 6.07) is 14.6. The Labute approximate surface area is 182 Å². The lowest BCUT2D eigenvalue weighted by molar-refractivity contribution is -0.124. The van der Waals surface area contributed by atoms with Gasteiger partial charge >= 0.3 is 0 Å². The minimum atomic E-state index is -0.692. The summed E-state index contributed by atoms with van der Waals surface area (Å²) in [5, 5.41) is 10.7. The first-order valence-electron chi connectivity index (χ1n) is 10.5. The molecule has 0 saturated carbocycles. The van der Waals surface area contributed by atoms with E-state index in [1.165, 1.54) is 0 Å². The molecule has 2 aliphatic heterocycles. The van der Waals surface area contributed by atoms with Crippen molar-refractivity contribution < 1.29 is 24.1 Å². The molecule has 2 aromatic carbocycles. The van der Waals surface area contributed by atoms with E-state index in [2.05, 4.69) is 9.80 Å². The fourth-order valence-electron chi connectivity index (χ4n) is 4.16. The first kappa shape index (κ1) is 21.4. The molecular weight excluding hydrogens is 398 g/mol. The van der Waals surface area contributed by atoms with Gasteiger partial charge in [-0.1, -0.05) is 30.3 Å². The zero-order valence-electron chi connectivity index (χ0n) is 17.6. The number of ether oxygens (including phenoxy) is 3. The lowest BCUT2D eigenvalue weighted by Crippen LogP contribution is -2.54. The van der Waals surface area contributed by atoms with Crippen LogP contribution in [0.5, 0.6) is 17.2 Å². The quantitative estimate of drug-likeness (QED) is 0.681. The van der Waals surface area contributed by atoms with E-state index >= 15 is 0 Å². The van der Waals surface area contributed by atoms with Crippen molar-refractivity contribution in [1.82, 2.24) is 9.80 Å². The van der Waals surface area contributed by atoms with E-state index in [1.54, 1.807) is 25.3 Å². The molecule has 3 N–H and O–H groups in total. The first-order valence-corrected chi connectivity index (χ1v) is 10.5. The molecule has 2 aromatic rings. The van der Waals surface area contributed by atoms with Crippen molar-refractivity contribution in [2.45, 2.75) is 18.2 Å². The van der Waals surface area contributed by atoms with Gasteiger partial charge in [-0.3, -0.25) is 14.6 Å². The van der Waals surface area contributed by atoms with Gasteiger partial charge in [0, 0.05) is 38.8 Å². The molecular formula is C23H29N3O5. The number of primary amides is 1. The average Bonchev–Trinajstić information content (AvgIpc) is 2.80. The largest absolute Gasteiger partial charge is 0.497 e. The van der Waals surface area contributed by atoms with Gasteiger partial charge in [0.2, 0.25) is 5.91 Å². The van der Waals surface area contributed by atoms with Crippen molar-refractivity contribution in [2.75, 3.05) is 46.4 Å². The number of β-amino-alcohol motifs (C(OH)–C–C–N with tert-alkyl or cyclic N) is 1. The van der Waals surface area contributed by atoms with Crippen molar-refractivity contribution in [2.24, 2.45) is 5.73 Å². The van der Waals surface area contributed by atoms with Crippen LogP contribution < -0.4 is 19.9 Å². The number of carbonyl (C=O) groups excluding carboxylic acids is 1. The molecule has 166 valence electrons. The number of methoxy groups -OCH3 is 1. The van der Waals surface area contributed by atoms with E-state index in [4.69, 9.17) is 19.9 Å². The van der Waals surface area contributed by atoms with Gasteiger partial charge in [-0.25, -0.2) is 0 Å². The second kappa shape index (κ2) is 9.55. The SMILES string of the molecule is COc1ccc2c(c1)OCC(C(O)CN1CCN(C(C(N)=O)c3ccccc3)CC1)O2. The minimum Gasteiger partial charge on any atom is -0.497 e. The second-order valence-corrected chi connectivity index (χ2v) is 7.90. The van der Waals surface area contributed by atoms with E-state index < -0.39 is 18.2 Å². The predicted octanol–water partition coefficient (Wildman–Crippen LogP) is 1.04. The smallest absolute Gasteiger partial charge is 0.239 e. The number of carbonyl (C=O) groups is 1. The Kier molecular flexibility index (Phi) is 6.60. The average molecular weight is 428 g/mol. The zero-order valence-corrected chi connectivity index (χ0v) is 17.6. The Morgan fingerprint density at radius 1 is 1.16 bits per heavy atom. The number of hydrogen-bond acceptors (Lipinski definition) is 7. The number of nitrogens with zero attached hydrogens (tertiary/aromatic N) is 2. The van der Waals surface area contributed by atoms with Gasteiger partial charge in [0.1, 0.15) is 24.5 Å². The van der Waals surface area contributed by atoms with Gasteiger partial charge in [-0.05, 0) is 17.7 Å². The van der Waals surface area contributed by atoms with Crippen LogP contribution in [0.1, 0.15) is 11.6 Å². The van der Waals surface area contributed by atoms with Crippen LogP contribution in [0.25, 0.3) is 0 Å². The Morgan fingerprint density at radius 2 is 1.90 bits per heavy atom. The molecule has 4 rings (SSSR count). The Balaban J connectivity index is 1.31. The third-order valence-corrected chi connectivity index (χ3v) is 5.86. The summed E-state index contributed by atoms with van der Waals surface area (Å²) in [7, 11) is 1.60. The van der Waals surface area contributed by atoms with Gasteiger partial charge in [0.05, 0.1) is 7.11 Å². The fraction of sp³-hybridized carbons (Fsp3) is 0.435. The zero-order chi connectivity index (χ0) is 21.8. The van der Waals surface area contributed by atoms with Crippen LogP contribution in [0.2, 0.25) is 0 Å². The summed E-state index contributed by atoms with van der Waals surface area (Å²) in [6.07, 6.45) is -1.13. The Bertz CT molecular complexity index is 886. The molecule has 1 amide bonds. The molecule has 0 aromatic heterocycles. The molecule has 31 heavy (non-hydrogen) atoms. The monoisotopic (exact) mass is 427 g/mol. The highest BCUT2D eigenvalue weighted by molar-refractivity contribution is 5.81. The molecule has 3 atom stereocenters. The molecule has 2 aliphatic rings. The second-order valence-electron chi connectivity index (χ2n) is 7.90. The van der Waals surface area contributed by atoms with Crippen LogP contribution in [0.4, 0.5) is 0 Å². The number of aliphatic hydroxyl groups excluding tert-OH is 1. The van der Waals surface area contributed by atoms with Crippen molar-refractivity contribution in [1.29, 1.82) is 0 Å².